The van der Waals surface area contributed by atoms with Crippen molar-refractivity contribution in [3.05, 3.63) is 71.4 Å². The first-order valence-corrected chi connectivity index (χ1v) is 6.52. The molecule has 0 saturated heterocycles. The van der Waals surface area contributed by atoms with Crippen molar-refractivity contribution in [1.82, 2.24) is 4.98 Å². The van der Waals surface area contributed by atoms with Crippen LogP contribution in [-0.2, 0) is 0 Å². The average Bonchev–Trinajstić information content (AvgIpc) is 2.90. The number of Topliss-reactive ketones (excluding diaryl/α,β-unsaturated/α-hetero) is 1. The van der Waals surface area contributed by atoms with Crippen LogP contribution < -0.4 is 0 Å². The molecule has 3 nitrogen and oxygen atoms in total. The van der Waals surface area contributed by atoms with E-state index in [1.807, 2.05) is 43.3 Å². The summed E-state index contributed by atoms with van der Waals surface area (Å²) in [6, 6.07) is 14.9. The van der Waals surface area contributed by atoms with E-state index in [0.717, 1.165) is 16.5 Å². The van der Waals surface area contributed by atoms with Gasteiger partial charge in [0.15, 0.2) is 5.78 Å². The molecule has 20 heavy (non-hydrogen) atoms. The van der Waals surface area contributed by atoms with E-state index in [2.05, 4.69) is 4.98 Å². The number of aryl methyl sites for hydroxylation is 1. The number of carbonyl (C=O) groups is 1. The zero-order valence-corrected chi connectivity index (χ0v) is 11.1. The molecule has 1 unspecified atom stereocenters. The van der Waals surface area contributed by atoms with Crippen LogP contribution in [0.5, 0.6) is 0 Å². The second-order valence-corrected chi connectivity index (χ2v) is 4.92. The van der Waals surface area contributed by atoms with E-state index < -0.39 is 6.10 Å². The molecule has 0 bridgehead atoms. The van der Waals surface area contributed by atoms with Crippen molar-refractivity contribution in [2.75, 3.05) is 0 Å². The summed E-state index contributed by atoms with van der Waals surface area (Å²) >= 11 is 0. The molecule has 0 radical (unpaired) electrons. The smallest absolute Gasteiger partial charge is 0.195 e. The van der Waals surface area contributed by atoms with Gasteiger partial charge in [0, 0.05) is 28.2 Å². The second kappa shape index (κ2) is 4.94. The van der Waals surface area contributed by atoms with Crippen molar-refractivity contribution in [3.63, 3.8) is 0 Å². The molecule has 0 aliphatic rings. The first kappa shape index (κ1) is 12.6. The number of nitrogens with one attached hydrogen (secondary N) is 1. The third kappa shape index (κ3) is 2.12. The van der Waals surface area contributed by atoms with Crippen LogP contribution in [0.4, 0.5) is 0 Å². The number of hydrogen-bond acceptors (Lipinski definition) is 2. The number of ketones is 1. The van der Waals surface area contributed by atoms with Gasteiger partial charge in [-0.3, -0.25) is 4.79 Å². The second-order valence-electron chi connectivity index (χ2n) is 4.92. The van der Waals surface area contributed by atoms with Gasteiger partial charge in [-0.1, -0.05) is 48.0 Å². The van der Waals surface area contributed by atoms with Crippen molar-refractivity contribution >= 4 is 16.7 Å². The van der Waals surface area contributed by atoms with Crippen molar-refractivity contribution in [2.24, 2.45) is 0 Å². The number of rotatable bonds is 3. The molecular formula is C17H15NO2. The number of H-pyrrole nitrogens is 1. The number of hydrogen-bond donors (Lipinski definition) is 2. The Hall–Kier alpha value is -2.39. The van der Waals surface area contributed by atoms with Crippen LogP contribution in [0, 0.1) is 6.92 Å². The van der Waals surface area contributed by atoms with E-state index in [1.54, 1.807) is 18.3 Å². The molecule has 0 saturated carbocycles. The van der Waals surface area contributed by atoms with Crippen LogP contribution in [0.3, 0.4) is 0 Å². The molecule has 0 aliphatic carbocycles. The summed E-state index contributed by atoms with van der Waals surface area (Å²) in [5.74, 6) is -0.283. The minimum absolute atomic E-state index is 0.283. The fourth-order valence-corrected chi connectivity index (χ4v) is 2.34. The Balaban J connectivity index is 1.97. The fraction of sp³-hybridized carbons (Fsp3) is 0.118. The van der Waals surface area contributed by atoms with Gasteiger partial charge in [-0.25, -0.2) is 0 Å². The van der Waals surface area contributed by atoms with Gasteiger partial charge in [0.1, 0.15) is 6.10 Å². The molecule has 3 heteroatoms. The van der Waals surface area contributed by atoms with Gasteiger partial charge in [0.25, 0.3) is 0 Å². The SMILES string of the molecule is Cc1ccc(C(=O)C(O)c2c[nH]c3ccccc23)cc1. The monoisotopic (exact) mass is 265 g/mol. The van der Waals surface area contributed by atoms with E-state index in [0.29, 0.717) is 11.1 Å². The van der Waals surface area contributed by atoms with Gasteiger partial charge >= 0.3 is 0 Å². The first-order valence-electron chi connectivity index (χ1n) is 6.52. The highest BCUT2D eigenvalue weighted by atomic mass is 16.3. The number of aromatic nitrogens is 1. The summed E-state index contributed by atoms with van der Waals surface area (Å²) in [4.78, 5) is 15.4. The summed E-state index contributed by atoms with van der Waals surface area (Å²) in [7, 11) is 0. The molecule has 1 atom stereocenters. The highest BCUT2D eigenvalue weighted by Crippen LogP contribution is 2.26. The number of para-hydroxylation sites is 1. The van der Waals surface area contributed by atoms with Crippen LogP contribution in [-0.4, -0.2) is 15.9 Å². The van der Waals surface area contributed by atoms with E-state index >= 15 is 0 Å². The van der Waals surface area contributed by atoms with Crippen LogP contribution in [0.15, 0.2) is 54.7 Å². The van der Waals surface area contributed by atoms with E-state index in [-0.39, 0.29) is 5.78 Å². The normalized spacial score (nSPS) is 12.5. The van der Waals surface area contributed by atoms with Crippen LogP contribution in [0.1, 0.15) is 27.6 Å². The van der Waals surface area contributed by atoms with Gasteiger partial charge in [0.2, 0.25) is 0 Å². The molecule has 3 rings (SSSR count). The molecule has 2 aromatic carbocycles. The molecule has 0 spiro atoms. The predicted molar refractivity (Wildman–Crippen MR) is 78.8 cm³/mol. The summed E-state index contributed by atoms with van der Waals surface area (Å²) in [5.41, 5.74) is 3.14. The molecule has 3 aromatic rings. The Morgan fingerprint density at radius 3 is 2.55 bits per heavy atom. The van der Waals surface area contributed by atoms with Crippen molar-refractivity contribution in [1.29, 1.82) is 0 Å². The lowest BCUT2D eigenvalue weighted by Crippen LogP contribution is -2.11. The molecule has 1 aromatic heterocycles. The fourth-order valence-electron chi connectivity index (χ4n) is 2.34. The Labute approximate surface area is 116 Å². The molecule has 0 amide bonds. The lowest BCUT2D eigenvalue weighted by Gasteiger charge is -2.09. The number of carbonyl (C=O) groups excluding carboxylic acids is 1. The minimum atomic E-state index is -1.14. The Morgan fingerprint density at radius 1 is 1.10 bits per heavy atom. The zero-order chi connectivity index (χ0) is 14.1. The number of fused-ring (bicyclic) bond motifs is 1. The highest BCUT2D eigenvalue weighted by Gasteiger charge is 2.21. The maximum atomic E-state index is 12.3. The number of benzene rings is 2. The first-order chi connectivity index (χ1) is 9.66. The average molecular weight is 265 g/mol. The Kier molecular flexibility index (Phi) is 3.12. The summed E-state index contributed by atoms with van der Waals surface area (Å²) in [5, 5.41) is 11.2. The third-order valence-corrected chi connectivity index (χ3v) is 3.50. The molecule has 2 N–H and O–H groups in total. The van der Waals surface area contributed by atoms with Crippen LogP contribution in [0.2, 0.25) is 0 Å². The molecule has 0 aliphatic heterocycles. The zero-order valence-electron chi connectivity index (χ0n) is 11.1. The highest BCUT2D eigenvalue weighted by molar-refractivity contribution is 6.02. The minimum Gasteiger partial charge on any atom is -0.380 e. The van der Waals surface area contributed by atoms with Crippen LogP contribution >= 0.6 is 0 Å². The quantitative estimate of drug-likeness (QED) is 0.713. The lowest BCUT2D eigenvalue weighted by atomic mass is 9.99. The summed E-state index contributed by atoms with van der Waals surface area (Å²) in [6.07, 6.45) is 0.551. The summed E-state index contributed by atoms with van der Waals surface area (Å²) in [6.45, 7) is 1.96. The number of aliphatic hydroxyl groups is 1. The topological polar surface area (TPSA) is 53.1 Å². The Morgan fingerprint density at radius 2 is 1.80 bits per heavy atom. The van der Waals surface area contributed by atoms with E-state index in [4.69, 9.17) is 0 Å². The van der Waals surface area contributed by atoms with Gasteiger partial charge < -0.3 is 10.1 Å². The van der Waals surface area contributed by atoms with Gasteiger partial charge in [-0.2, -0.15) is 0 Å². The predicted octanol–water partition coefficient (Wildman–Crippen LogP) is 3.39. The Bertz CT molecular complexity index is 756. The van der Waals surface area contributed by atoms with Gasteiger partial charge in [0.05, 0.1) is 0 Å². The molecule has 1 heterocycles. The van der Waals surface area contributed by atoms with Crippen molar-refractivity contribution in [2.45, 2.75) is 13.0 Å². The number of aliphatic hydroxyl groups excluding tert-OH is 1. The van der Waals surface area contributed by atoms with Crippen molar-refractivity contribution in [3.8, 4) is 0 Å². The maximum absolute atomic E-state index is 12.3. The number of aromatic amines is 1. The lowest BCUT2D eigenvalue weighted by molar-refractivity contribution is 0.0750. The maximum Gasteiger partial charge on any atom is 0.195 e. The third-order valence-electron chi connectivity index (χ3n) is 3.50. The summed E-state index contributed by atoms with van der Waals surface area (Å²) < 4.78 is 0. The van der Waals surface area contributed by atoms with Crippen molar-refractivity contribution < 1.29 is 9.90 Å². The molecule has 100 valence electrons. The van der Waals surface area contributed by atoms with Crippen LogP contribution in [0.25, 0.3) is 10.9 Å². The van der Waals surface area contributed by atoms with Gasteiger partial charge in [-0.15, -0.1) is 0 Å². The largest absolute Gasteiger partial charge is 0.380 e. The standard InChI is InChI=1S/C17H15NO2/c1-11-6-8-12(9-7-11)16(19)17(20)14-10-18-15-5-3-2-4-13(14)15/h2-10,17-18,20H,1H3. The molecule has 0 fully saturated rings. The van der Waals surface area contributed by atoms with Gasteiger partial charge in [-0.05, 0) is 13.0 Å². The molecular weight excluding hydrogens is 250 g/mol. The van der Waals surface area contributed by atoms with E-state index in [1.165, 1.54) is 0 Å². The van der Waals surface area contributed by atoms with E-state index in [9.17, 15) is 9.90 Å².